The number of aryl methyl sites for hydroxylation is 2. The Labute approximate surface area is 110 Å². The first-order valence-corrected chi connectivity index (χ1v) is 6.31. The summed E-state index contributed by atoms with van der Waals surface area (Å²) in [5.74, 6) is 0.0638. The van der Waals surface area contributed by atoms with Gasteiger partial charge in [0.25, 0.3) is 0 Å². The van der Waals surface area contributed by atoms with Crippen LogP contribution in [0.5, 0.6) is 0 Å². The maximum absolute atomic E-state index is 7.60. The topological polar surface area (TPSA) is 75.7 Å². The van der Waals surface area contributed by atoms with Gasteiger partial charge in [0, 0.05) is 22.3 Å². The summed E-state index contributed by atoms with van der Waals surface area (Å²) in [6.07, 6.45) is 1.73. The molecule has 0 spiro atoms. The second-order valence-corrected chi connectivity index (χ2v) is 4.93. The zero-order chi connectivity index (χ0) is 13.1. The summed E-state index contributed by atoms with van der Waals surface area (Å²) < 4.78 is 0. The highest BCUT2D eigenvalue weighted by atomic mass is 32.2. The van der Waals surface area contributed by atoms with Gasteiger partial charge in [0.2, 0.25) is 0 Å². The average molecular weight is 258 g/mol. The van der Waals surface area contributed by atoms with E-state index in [0.29, 0.717) is 5.16 Å². The van der Waals surface area contributed by atoms with E-state index in [-0.39, 0.29) is 5.84 Å². The minimum atomic E-state index is 0.0638. The molecule has 4 nitrogen and oxygen atoms in total. The lowest BCUT2D eigenvalue weighted by Gasteiger charge is -2.10. The van der Waals surface area contributed by atoms with E-state index >= 15 is 0 Å². The summed E-state index contributed by atoms with van der Waals surface area (Å²) in [5, 5.41) is 8.28. The molecule has 0 atom stereocenters. The molecule has 2 aromatic rings. The Hall–Kier alpha value is -1.88. The molecule has 92 valence electrons. The summed E-state index contributed by atoms with van der Waals surface area (Å²) in [4.78, 5) is 9.51. The third-order valence-electron chi connectivity index (χ3n) is 2.47. The van der Waals surface area contributed by atoms with Crippen molar-refractivity contribution in [3.05, 3.63) is 47.3 Å². The monoisotopic (exact) mass is 258 g/mol. The zero-order valence-corrected chi connectivity index (χ0v) is 11.1. The zero-order valence-electron chi connectivity index (χ0n) is 10.3. The van der Waals surface area contributed by atoms with Crippen LogP contribution in [0.3, 0.4) is 0 Å². The molecule has 0 aliphatic carbocycles. The highest BCUT2D eigenvalue weighted by Crippen LogP contribution is 2.30. The molecule has 0 saturated carbocycles. The van der Waals surface area contributed by atoms with Crippen molar-refractivity contribution >= 4 is 17.6 Å². The standard InChI is InChI=1S/C13H14N4S/c1-8-4-3-5-10(12(14)15)11(8)18-13-16-7-6-9(2)17-13/h3-7H,1-2H3,(H3,14,15). The molecule has 0 radical (unpaired) electrons. The molecule has 0 bridgehead atoms. The first-order chi connectivity index (χ1) is 8.58. The third kappa shape index (κ3) is 2.68. The summed E-state index contributed by atoms with van der Waals surface area (Å²) in [7, 11) is 0. The lowest BCUT2D eigenvalue weighted by molar-refractivity contribution is 0.931. The first-order valence-electron chi connectivity index (χ1n) is 5.49. The Kier molecular flexibility index (Phi) is 3.62. The highest BCUT2D eigenvalue weighted by molar-refractivity contribution is 7.99. The fourth-order valence-corrected chi connectivity index (χ4v) is 2.57. The number of nitrogens with two attached hydrogens (primary N) is 1. The molecule has 1 aromatic heterocycles. The van der Waals surface area contributed by atoms with E-state index in [1.807, 2.05) is 38.1 Å². The smallest absolute Gasteiger partial charge is 0.192 e. The molecule has 0 unspecified atom stereocenters. The van der Waals surface area contributed by atoms with Crippen molar-refractivity contribution in [1.29, 1.82) is 5.41 Å². The molecule has 0 fully saturated rings. The maximum atomic E-state index is 7.60. The van der Waals surface area contributed by atoms with Gasteiger partial charge in [-0.25, -0.2) is 9.97 Å². The average Bonchev–Trinajstić information content (AvgIpc) is 2.31. The van der Waals surface area contributed by atoms with E-state index < -0.39 is 0 Å². The number of benzene rings is 1. The summed E-state index contributed by atoms with van der Waals surface area (Å²) in [5.41, 5.74) is 8.31. The van der Waals surface area contributed by atoms with Gasteiger partial charge >= 0.3 is 0 Å². The van der Waals surface area contributed by atoms with Gasteiger partial charge in [-0.15, -0.1) is 0 Å². The molecule has 1 heterocycles. The third-order valence-corrected chi connectivity index (χ3v) is 3.59. The molecule has 5 heteroatoms. The van der Waals surface area contributed by atoms with E-state index in [1.54, 1.807) is 6.20 Å². The Morgan fingerprint density at radius 3 is 2.72 bits per heavy atom. The van der Waals surface area contributed by atoms with E-state index in [9.17, 15) is 0 Å². The van der Waals surface area contributed by atoms with Gasteiger partial charge in [-0.2, -0.15) is 0 Å². The number of hydrogen-bond acceptors (Lipinski definition) is 4. The maximum Gasteiger partial charge on any atom is 0.192 e. The number of hydrogen-bond donors (Lipinski definition) is 2. The molecule has 3 N–H and O–H groups in total. The lowest BCUT2D eigenvalue weighted by atomic mass is 10.1. The van der Waals surface area contributed by atoms with Crippen molar-refractivity contribution in [2.24, 2.45) is 5.73 Å². The summed E-state index contributed by atoms with van der Waals surface area (Å²) in [6, 6.07) is 7.58. The van der Waals surface area contributed by atoms with Crippen LogP contribution in [0.1, 0.15) is 16.8 Å². The van der Waals surface area contributed by atoms with Crippen LogP contribution in [0.25, 0.3) is 0 Å². The summed E-state index contributed by atoms with van der Waals surface area (Å²) in [6.45, 7) is 3.92. The van der Waals surface area contributed by atoms with Gasteiger partial charge in [0.1, 0.15) is 5.84 Å². The predicted octanol–water partition coefficient (Wildman–Crippen LogP) is 2.53. The van der Waals surface area contributed by atoms with Gasteiger partial charge < -0.3 is 5.73 Å². The molecule has 18 heavy (non-hydrogen) atoms. The van der Waals surface area contributed by atoms with Crippen LogP contribution in [-0.2, 0) is 0 Å². The van der Waals surface area contributed by atoms with Crippen molar-refractivity contribution in [2.45, 2.75) is 23.9 Å². The van der Waals surface area contributed by atoms with Gasteiger partial charge in [0.05, 0.1) is 0 Å². The number of aromatic nitrogens is 2. The van der Waals surface area contributed by atoms with Crippen LogP contribution in [0.4, 0.5) is 0 Å². The van der Waals surface area contributed by atoms with Crippen molar-refractivity contribution in [2.75, 3.05) is 0 Å². The number of nitrogens with one attached hydrogen (secondary N) is 1. The van der Waals surface area contributed by atoms with Crippen molar-refractivity contribution in [3.8, 4) is 0 Å². The minimum Gasteiger partial charge on any atom is -0.384 e. The molecule has 2 rings (SSSR count). The predicted molar refractivity (Wildman–Crippen MR) is 73.1 cm³/mol. The van der Waals surface area contributed by atoms with Crippen LogP contribution in [0, 0.1) is 19.3 Å². The largest absolute Gasteiger partial charge is 0.384 e. The van der Waals surface area contributed by atoms with Crippen LogP contribution in [0.15, 0.2) is 40.5 Å². The van der Waals surface area contributed by atoms with Crippen LogP contribution in [0.2, 0.25) is 0 Å². The van der Waals surface area contributed by atoms with Crippen LogP contribution in [-0.4, -0.2) is 15.8 Å². The molecule has 0 aliphatic rings. The Bertz CT molecular complexity index is 595. The molecule has 1 aromatic carbocycles. The quantitative estimate of drug-likeness (QED) is 0.504. The molecule has 0 aliphatic heterocycles. The van der Waals surface area contributed by atoms with E-state index in [0.717, 1.165) is 21.7 Å². The van der Waals surface area contributed by atoms with E-state index in [1.165, 1.54) is 11.8 Å². The second-order valence-electron chi connectivity index (χ2n) is 3.95. The van der Waals surface area contributed by atoms with Crippen molar-refractivity contribution < 1.29 is 0 Å². The Balaban J connectivity index is 2.42. The van der Waals surface area contributed by atoms with E-state index in [4.69, 9.17) is 11.1 Å². The fourth-order valence-electron chi connectivity index (χ4n) is 1.57. The van der Waals surface area contributed by atoms with Crippen LogP contribution >= 0.6 is 11.8 Å². The molecule has 0 saturated heterocycles. The number of rotatable bonds is 3. The number of nitrogen functional groups attached to an aromatic ring is 1. The van der Waals surface area contributed by atoms with Gasteiger partial charge in [0.15, 0.2) is 5.16 Å². The Morgan fingerprint density at radius 1 is 1.28 bits per heavy atom. The SMILES string of the molecule is Cc1ccnc(Sc2c(C)cccc2C(=N)N)n1. The first kappa shape index (κ1) is 12.6. The second kappa shape index (κ2) is 5.18. The van der Waals surface area contributed by atoms with Gasteiger partial charge in [-0.1, -0.05) is 18.2 Å². The van der Waals surface area contributed by atoms with E-state index in [2.05, 4.69) is 9.97 Å². The highest BCUT2D eigenvalue weighted by Gasteiger charge is 2.11. The molecule has 0 amide bonds. The van der Waals surface area contributed by atoms with Gasteiger partial charge in [-0.05, 0) is 37.2 Å². The fraction of sp³-hybridized carbons (Fsp3) is 0.154. The minimum absolute atomic E-state index is 0.0638. The van der Waals surface area contributed by atoms with Crippen molar-refractivity contribution in [1.82, 2.24) is 9.97 Å². The lowest BCUT2D eigenvalue weighted by Crippen LogP contribution is -2.12. The van der Waals surface area contributed by atoms with Gasteiger partial charge in [-0.3, -0.25) is 5.41 Å². The van der Waals surface area contributed by atoms with Crippen molar-refractivity contribution in [3.63, 3.8) is 0 Å². The number of nitrogens with zero attached hydrogens (tertiary/aromatic N) is 2. The van der Waals surface area contributed by atoms with Crippen LogP contribution < -0.4 is 5.73 Å². The Morgan fingerprint density at radius 2 is 2.06 bits per heavy atom. The molecular formula is C13H14N4S. The molecular weight excluding hydrogens is 244 g/mol. The number of amidine groups is 1. The normalized spacial score (nSPS) is 10.3. The summed E-state index contributed by atoms with van der Waals surface area (Å²) >= 11 is 1.44.